The van der Waals surface area contributed by atoms with Gasteiger partial charge in [-0.2, -0.15) is 0 Å². The fraction of sp³-hybridized carbons (Fsp3) is 0.500. The number of aromatic nitrogens is 1. The smallest absolute Gasteiger partial charge is 0.251 e. The molecule has 1 aliphatic heterocycles. The van der Waals surface area contributed by atoms with Crippen molar-refractivity contribution >= 4 is 5.91 Å². The van der Waals surface area contributed by atoms with Gasteiger partial charge >= 0.3 is 0 Å². The van der Waals surface area contributed by atoms with E-state index in [9.17, 15) is 4.79 Å². The molecule has 1 unspecified atom stereocenters. The van der Waals surface area contributed by atoms with Gasteiger partial charge in [0.2, 0.25) is 0 Å². The number of nitrogens with one attached hydrogen (secondary N) is 1. The summed E-state index contributed by atoms with van der Waals surface area (Å²) in [6.07, 6.45) is 3.30. The molecule has 92 valence electrons. The number of likely N-dealkylation sites (N-methyl/N-ethyl adjacent to an activating group) is 1. The van der Waals surface area contributed by atoms with Crippen LogP contribution in [-0.4, -0.2) is 55.2 Å². The fourth-order valence-electron chi connectivity index (χ4n) is 1.80. The summed E-state index contributed by atoms with van der Waals surface area (Å²) in [6.45, 7) is 3.09. The van der Waals surface area contributed by atoms with Gasteiger partial charge in [-0.15, -0.1) is 0 Å². The van der Waals surface area contributed by atoms with Crippen LogP contribution in [0, 0.1) is 0 Å². The molecule has 1 saturated heterocycles. The van der Waals surface area contributed by atoms with Crippen LogP contribution in [0.4, 0.5) is 0 Å². The highest BCUT2D eigenvalue weighted by molar-refractivity contribution is 5.93. The Hall–Kier alpha value is -1.46. The van der Waals surface area contributed by atoms with Gasteiger partial charge in [-0.3, -0.25) is 9.78 Å². The van der Waals surface area contributed by atoms with Crippen molar-refractivity contribution < 1.29 is 9.53 Å². The lowest BCUT2D eigenvalue weighted by Gasteiger charge is -2.30. The molecule has 5 nitrogen and oxygen atoms in total. The van der Waals surface area contributed by atoms with Gasteiger partial charge < -0.3 is 15.0 Å². The highest BCUT2D eigenvalue weighted by atomic mass is 16.5. The molecule has 0 bridgehead atoms. The second-order valence-electron chi connectivity index (χ2n) is 4.20. The highest BCUT2D eigenvalue weighted by Gasteiger charge is 2.18. The van der Waals surface area contributed by atoms with Gasteiger partial charge in [0.15, 0.2) is 0 Å². The molecule has 0 spiro atoms. The number of hydrogen-bond acceptors (Lipinski definition) is 4. The monoisotopic (exact) mass is 235 g/mol. The number of hydrogen-bond donors (Lipinski definition) is 1. The second kappa shape index (κ2) is 5.75. The summed E-state index contributed by atoms with van der Waals surface area (Å²) in [6, 6.07) is 3.40. The van der Waals surface area contributed by atoms with E-state index in [2.05, 4.69) is 22.2 Å². The zero-order chi connectivity index (χ0) is 12.1. The van der Waals surface area contributed by atoms with Crippen molar-refractivity contribution in [3.8, 4) is 0 Å². The van der Waals surface area contributed by atoms with Gasteiger partial charge in [-0.1, -0.05) is 0 Å². The molecule has 0 aromatic carbocycles. The first-order chi connectivity index (χ1) is 8.25. The van der Waals surface area contributed by atoms with Gasteiger partial charge in [0, 0.05) is 37.6 Å². The molecule has 17 heavy (non-hydrogen) atoms. The number of nitrogens with zero attached hydrogens (tertiary/aromatic N) is 2. The van der Waals surface area contributed by atoms with Gasteiger partial charge in [0.25, 0.3) is 5.91 Å². The number of rotatable bonds is 3. The summed E-state index contributed by atoms with van der Waals surface area (Å²) in [5.74, 6) is -0.0794. The predicted molar refractivity (Wildman–Crippen MR) is 63.8 cm³/mol. The van der Waals surface area contributed by atoms with Gasteiger partial charge in [0.1, 0.15) is 0 Å². The molecular weight excluding hydrogens is 218 g/mol. The lowest BCUT2D eigenvalue weighted by atomic mass is 10.2. The maximum atomic E-state index is 11.8. The first-order valence-corrected chi connectivity index (χ1v) is 5.74. The first-order valence-electron chi connectivity index (χ1n) is 5.74. The van der Waals surface area contributed by atoms with E-state index in [0.29, 0.717) is 12.1 Å². The zero-order valence-electron chi connectivity index (χ0n) is 9.93. The minimum absolute atomic E-state index is 0.0794. The van der Waals surface area contributed by atoms with Crippen molar-refractivity contribution in [2.45, 2.75) is 6.10 Å². The molecule has 1 N–H and O–H groups in total. The Morgan fingerprint density at radius 1 is 1.59 bits per heavy atom. The van der Waals surface area contributed by atoms with Crippen molar-refractivity contribution in [1.82, 2.24) is 15.2 Å². The van der Waals surface area contributed by atoms with Crippen molar-refractivity contribution in [3.63, 3.8) is 0 Å². The number of morpholine rings is 1. The van der Waals surface area contributed by atoms with E-state index in [1.165, 1.54) is 0 Å². The molecule has 5 heteroatoms. The van der Waals surface area contributed by atoms with Crippen molar-refractivity contribution in [2.75, 3.05) is 33.3 Å². The molecule has 1 aromatic heterocycles. The summed E-state index contributed by atoms with van der Waals surface area (Å²) in [7, 11) is 2.06. The highest BCUT2D eigenvalue weighted by Crippen LogP contribution is 2.02. The van der Waals surface area contributed by atoms with Crippen molar-refractivity contribution in [3.05, 3.63) is 30.1 Å². The Labute approximate surface area is 101 Å². The maximum Gasteiger partial charge on any atom is 0.251 e. The minimum Gasteiger partial charge on any atom is -0.374 e. The van der Waals surface area contributed by atoms with E-state index in [-0.39, 0.29) is 12.0 Å². The van der Waals surface area contributed by atoms with Crippen LogP contribution in [0.5, 0.6) is 0 Å². The summed E-state index contributed by atoms with van der Waals surface area (Å²) < 4.78 is 5.57. The minimum atomic E-state index is -0.0794. The predicted octanol–water partition coefficient (Wildman–Crippen LogP) is 0.142. The maximum absolute atomic E-state index is 11.8. The van der Waals surface area contributed by atoms with Gasteiger partial charge in [-0.05, 0) is 19.2 Å². The molecule has 0 radical (unpaired) electrons. The van der Waals surface area contributed by atoms with Crippen molar-refractivity contribution in [1.29, 1.82) is 0 Å². The Morgan fingerprint density at radius 2 is 2.35 bits per heavy atom. The zero-order valence-corrected chi connectivity index (χ0v) is 9.93. The number of carbonyl (C=O) groups is 1. The number of ether oxygens (including phenoxy) is 1. The molecule has 0 saturated carbocycles. The van der Waals surface area contributed by atoms with Gasteiger partial charge in [-0.25, -0.2) is 0 Å². The van der Waals surface area contributed by atoms with E-state index in [4.69, 9.17) is 4.74 Å². The fourth-order valence-corrected chi connectivity index (χ4v) is 1.80. The van der Waals surface area contributed by atoms with Crippen LogP contribution in [0.3, 0.4) is 0 Å². The molecule has 2 heterocycles. The third-order valence-electron chi connectivity index (χ3n) is 2.77. The van der Waals surface area contributed by atoms with Crippen LogP contribution in [0.2, 0.25) is 0 Å². The summed E-state index contributed by atoms with van der Waals surface area (Å²) in [4.78, 5) is 17.8. The van der Waals surface area contributed by atoms with E-state index in [1.807, 2.05) is 0 Å². The van der Waals surface area contributed by atoms with E-state index < -0.39 is 0 Å². The Kier molecular flexibility index (Phi) is 4.06. The van der Waals surface area contributed by atoms with E-state index in [1.54, 1.807) is 24.5 Å². The Balaban J connectivity index is 1.80. The Morgan fingerprint density at radius 3 is 3.06 bits per heavy atom. The number of pyridine rings is 1. The third-order valence-corrected chi connectivity index (χ3v) is 2.77. The van der Waals surface area contributed by atoms with Crippen LogP contribution >= 0.6 is 0 Å². The molecule has 0 aliphatic carbocycles. The lowest BCUT2D eigenvalue weighted by Crippen LogP contribution is -2.45. The number of amides is 1. The van der Waals surface area contributed by atoms with Crippen molar-refractivity contribution in [2.24, 2.45) is 0 Å². The van der Waals surface area contributed by atoms with Gasteiger partial charge in [0.05, 0.1) is 12.7 Å². The largest absolute Gasteiger partial charge is 0.374 e. The molecule has 2 rings (SSSR count). The molecule has 1 fully saturated rings. The normalized spacial score (nSPS) is 21.1. The van der Waals surface area contributed by atoms with Crippen LogP contribution in [0.15, 0.2) is 24.5 Å². The van der Waals surface area contributed by atoms with Crippen LogP contribution in [-0.2, 0) is 4.74 Å². The molecule has 1 aromatic rings. The average Bonchev–Trinajstić information content (AvgIpc) is 2.37. The summed E-state index contributed by atoms with van der Waals surface area (Å²) in [5.41, 5.74) is 0.629. The molecule has 1 aliphatic rings. The van der Waals surface area contributed by atoms with Crippen LogP contribution in [0.25, 0.3) is 0 Å². The third kappa shape index (κ3) is 3.51. The van der Waals surface area contributed by atoms with Crippen LogP contribution < -0.4 is 5.32 Å². The second-order valence-corrected chi connectivity index (χ2v) is 4.20. The number of carbonyl (C=O) groups excluding carboxylic acids is 1. The quantitative estimate of drug-likeness (QED) is 0.810. The topological polar surface area (TPSA) is 54.5 Å². The van der Waals surface area contributed by atoms with Crippen LogP contribution in [0.1, 0.15) is 10.4 Å². The standard InChI is InChI=1S/C12H17N3O2/c1-15-6-7-17-11(9-15)8-14-12(16)10-2-4-13-5-3-10/h2-5,11H,6-9H2,1H3,(H,14,16). The summed E-state index contributed by atoms with van der Waals surface area (Å²) in [5, 5.41) is 2.87. The van der Waals surface area contributed by atoms with E-state index in [0.717, 1.165) is 19.7 Å². The van der Waals surface area contributed by atoms with E-state index >= 15 is 0 Å². The lowest BCUT2D eigenvalue weighted by molar-refractivity contribution is -0.0175. The average molecular weight is 235 g/mol. The molecule has 1 amide bonds. The first kappa shape index (κ1) is 12.0. The Bertz CT molecular complexity index is 369. The SMILES string of the molecule is CN1CCOC(CNC(=O)c2ccncc2)C1. The molecule has 1 atom stereocenters. The summed E-state index contributed by atoms with van der Waals surface area (Å²) >= 11 is 0. The molecular formula is C12H17N3O2.